The Morgan fingerprint density at radius 3 is 2.62 bits per heavy atom. The number of hydrogen-bond donors (Lipinski definition) is 1. The monoisotopic (exact) mass is 340 g/mol. The highest BCUT2D eigenvalue weighted by molar-refractivity contribution is 5.59. The average molecular weight is 340 g/mol. The molecule has 1 aromatic carbocycles. The van der Waals surface area contributed by atoms with Gasteiger partial charge in [0.25, 0.3) is 0 Å². The summed E-state index contributed by atoms with van der Waals surface area (Å²) in [4.78, 5) is 4.26. The minimum Gasteiger partial charge on any atom is -0.376 e. The van der Waals surface area contributed by atoms with E-state index in [9.17, 15) is 13.2 Å². The topological polar surface area (TPSA) is 69.2 Å². The van der Waals surface area contributed by atoms with Gasteiger partial charge in [0.2, 0.25) is 5.95 Å². The zero-order valence-electron chi connectivity index (χ0n) is 12.6. The molecule has 2 aromatic rings. The Morgan fingerprint density at radius 1 is 1.17 bits per heavy atom. The van der Waals surface area contributed by atoms with Gasteiger partial charge in [-0.1, -0.05) is 12.1 Å². The van der Waals surface area contributed by atoms with Crippen LogP contribution in [-0.2, 0) is 15.7 Å². The maximum Gasteiger partial charge on any atom is 0.416 e. The third-order valence-corrected chi connectivity index (χ3v) is 3.44. The second-order valence-electron chi connectivity index (χ2n) is 5.19. The number of rotatable bonds is 4. The van der Waals surface area contributed by atoms with Crippen LogP contribution in [0.1, 0.15) is 5.56 Å². The van der Waals surface area contributed by atoms with Gasteiger partial charge in [0.05, 0.1) is 43.4 Å². The standard InChI is InChI=1S/C15H15F3N4O2/c16-15(17,18)11-3-1-10(2-4-11)13-8-20-22-14(21-13)19-7-12-9-23-5-6-24-12/h1-4,8,12H,5-7,9H2,(H,19,21,22). The molecule has 1 atom stereocenters. The van der Waals surface area contributed by atoms with E-state index in [0.29, 0.717) is 37.6 Å². The summed E-state index contributed by atoms with van der Waals surface area (Å²) in [5, 5.41) is 10.7. The summed E-state index contributed by atoms with van der Waals surface area (Å²) < 4.78 is 48.6. The first-order valence-electron chi connectivity index (χ1n) is 7.33. The summed E-state index contributed by atoms with van der Waals surface area (Å²) >= 11 is 0. The Labute approximate surface area is 136 Å². The van der Waals surface area contributed by atoms with Gasteiger partial charge in [-0.15, -0.1) is 5.10 Å². The molecule has 1 saturated heterocycles. The van der Waals surface area contributed by atoms with Crippen LogP contribution in [0, 0.1) is 0 Å². The van der Waals surface area contributed by atoms with Crippen molar-refractivity contribution in [2.45, 2.75) is 12.3 Å². The van der Waals surface area contributed by atoms with E-state index in [2.05, 4.69) is 20.5 Å². The summed E-state index contributed by atoms with van der Waals surface area (Å²) in [6.07, 6.45) is -3.07. The molecule has 24 heavy (non-hydrogen) atoms. The van der Waals surface area contributed by atoms with Crippen molar-refractivity contribution in [3.63, 3.8) is 0 Å². The van der Waals surface area contributed by atoms with Gasteiger partial charge >= 0.3 is 6.18 Å². The number of alkyl halides is 3. The van der Waals surface area contributed by atoms with Gasteiger partial charge in [-0.05, 0) is 12.1 Å². The van der Waals surface area contributed by atoms with Crippen LogP contribution in [0.5, 0.6) is 0 Å². The van der Waals surface area contributed by atoms with Crippen LogP contribution in [0.2, 0.25) is 0 Å². The third-order valence-electron chi connectivity index (χ3n) is 3.44. The largest absolute Gasteiger partial charge is 0.416 e. The summed E-state index contributed by atoms with van der Waals surface area (Å²) in [5.41, 5.74) is 0.251. The average Bonchev–Trinajstić information content (AvgIpc) is 2.60. The number of aromatic nitrogens is 3. The van der Waals surface area contributed by atoms with Crippen molar-refractivity contribution in [2.75, 3.05) is 31.7 Å². The molecule has 1 unspecified atom stereocenters. The highest BCUT2D eigenvalue weighted by Crippen LogP contribution is 2.30. The number of benzene rings is 1. The molecule has 0 bridgehead atoms. The van der Waals surface area contributed by atoms with Crippen LogP contribution < -0.4 is 5.32 Å². The predicted molar refractivity (Wildman–Crippen MR) is 79.3 cm³/mol. The van der Waals surface area contributed by atoms with Gasteiger partial charge < -0.3 is 14.8 Å². The van der Waals surface area contributed by atoms with E-state index in [4.69, 9.17) is 9.47 Å². The minimum atomic E-state index is -4.36. The van der Waals surface area contributed by atoms with Crippen molar-refractivity contribution in [3.8, 4) is 11.3 Å². The molecule has 0 amide bonds. The Kier molecular flexibility index (Phi) is 4.91. The van der Waals surface area contributed by atoms with E-state index < -0.39 is 11.7 Å². The molecule has 1 N–H and O–H groups in total. The Bertz CT molecular complexity index is 673. The van der Waals surface area contributed by atoms with E-state index in [-0.39, 0.29) is 12.1 Å². The predicted octanol–water partition coefficient (Wildman–Crippen LogP) is 2.38. The van der Waals surface area contributed by atoms with E-state index >= 15 is 0 Å². The highest BCUT2D eigenvalue weighted by atomic mass is 19.4. The number of nitrogens with zero attached hydrogens (tertiary/aromatic N) is 3. The van der Waals surface area contributed by atoms with Crippen LogP contribution in [0.3, 0.4) is 0 Å². The lowest BCUT2D eigenvalue weighted by Gasteiger charge is -2.22. The van der Waals surface area contributed by atoms with Crippen molar-refractivity contribution in [1.29, 1.82) is 0 Å². The molecule has 1 aliphatic rings. The van der Waals surface area contributed by atoms with Gasteiger partial charge in [0.1, 0.15) is 0 Å². The van der Waals surface area contributed by atoms with Gasteiger partial charge in [0, 0.05) is 12.1 Å². The molecule has 0 radical (unpaired) electrons. The van der Waals surface area contributed by atoms with E-state index in [1.54, 1.807) is 0 Å². The second-order valence-corrected chi connectivity index (χ2v) is 5.19. The van der Waals surface area contributed by atoms with E-state index in [1.807, 2.05) is 0 Å². The number of hydrogen-bond acceptors (Lipinski definition) is 6. The summed E-state index contributed by atoms with van der Waals surface area (Å²) in [6, 6.07) is 4.74. The molecule has 128 valence electrons. The quantitative estimate of drug-likeness (QED) is 0.922. The molecule has 1 aliphatic heterocycles. The second kappa shape index (κ2) is 7.10. The molecule has 6 nitrogen and oxygen atoms in total. The first kappa shape index (κ1) is 16.6. The number of halogens is 3. The highest BCUT2D eigenvalue weighted by Gasteiger charge is 2.30. The summed E-state index contributed by atoms with van der Waals surface area (Å²) in [5.74, 6) is 0.279. The van der Waals surface area contributed by atoms with Crippen LogP contribution in [0.25, 0.3) is 11.3 Å². The van der Waals surface area contributed by atoms with Crippen molar-refractivity contribution < 1.29 is 22.6 Å². The normalized spacial score (nSPS) is 18.4. The Hall–Kier alpha value is -2.26. The van der Waals surface area contributed by atoms with Crippen LogP contribution in [0.15, 0.2) is 30.5 Å². The van der Waals surface area contributed by atoms with Crippen molar-refractivity contribution >= 4 is 5.95 Å². The first-order chi connectivity index (χ1) is 11.5. The molecule has 0 aliphatic carbocycles. The van der Waals surface area contributed by atoms with Crippen LogP contribution >= 0.6 is 0 Å². The number of nitrogens with one attached hydrogen (secondary N) is 1. The molecule has 0 spiro atoms. The number of anilines is 1. The third kappa shape index (κ3) is 4.18. The Balaban J connectivity index is 1.68. The summed E-state index contributed by atoms with van der Waals surface area (Å²) in [6.45, 7) is 2.06. The van der Waals surface area contributed by atoms with Gasteiger partial charge in [-0.3, -0.25) is 0 Å². The fourth-order valence-electron chi connectivity index (χ4n) is 2.21. The van der Waals surface area contributed by atoms with E-state index in [1.165, 1.54) is 18.3 Å². The van der Waals surface area contributed by atoms with Crippen LogP contribution in [0.4, 0.5) is 19.1 Å². The lowest BCUT2D eigenvalue weighted by Crippen LogP contribution is -2.34. The minimum absolute atomic E-state index is 0.0999. The molecule has 2 heterocycles. The van der Waals surface area contributed by atoms with Gasteiger partial charge in [-0.2, -0.15) is 18.3 Å². The molecule has 1 fully saturated rings. The SMILES string of the molecule is FC(F)(F)c1ccc(-c2cnnc(NCC3COCCO3)n2)cc1. The molecule has 1 aromatic heterocycles. The van der Waals surface area contributed by atoms with Gasteiger partial charge in [0.15, 0.2) is 0 Å². The van der Waals surface area contributed by atoms with Crippen molar-refractivity contribution in [1.82, 2.24) is 15.2 Å². The zero-order valence-corrected chi connectivity index (χ0v) is 12.6. The fraction of sp³-hybridized carbons (Fsp3) is 0.400. The molecular weight excluding hydrogens is 325 g/mol. The number of ether oxygens (including phenoxy) is 2. The van der Waals surface area contributed by atoms with Crippen LogP contribution in [-0.4, -0.2) is 47.7 Å². The van der Waals surface area contributed by atoms with Crippen molar-refractivity contribution in [2.24, 2.45) is 0 Å². The maximum absolute atomic E-state index is 12.6. The van der Waals surface area contributed by atoms with Gasteiger partial charge in [-0.25, -0.2) is 4.98 Å². The Morgan fingerprint density at radius 2 is 1.96 bits per heavy atom. The molecule has 0 saturated carbocycles. The maximum atomic E-state index is 12.6. The first-order valence-corrected chi connectivity index (χ1v) is 7.33. The summed E-state index contributed by atoms with van der Waals surface area (Å²) in [7, 11) is 0. The van der Waals surface area contributed by atoms with Crippen molar-refractivity contribution in [3.05, 3.63) is 36.0 Å². The zero-order chi connectivity index (χ0) is 17.0. The molecular formula is C15H15F3N4O2. The lowest BCUT2D eigenvalue weighted by molar-refractivity contribution is -0.137. The molecule has 9 heteroatoms. The lowest BCUT2D eigenvalue weighted by atomic mass is 10.1. The van der Waals surface area contributed by atoms with E-state index in [0.717, 1.165) is 12.1 Å². The molecule has 3 rings (SSSR count). The smallest absolute Gasteiger partial charge is 0.376 e. The fourth-order valence-corrected chi connectivity index (χ4v) is 2.21.